The van der Waals surface area contributed by atoms with Crippen LogP contribution in [0.4, 0.5) is 5.69 Å². The number of aromatic nitrogens is 3. The van der Waals surface area contributed by atoms with Crippen LogP contribution in [0.1, 0.15) is 5.56 Å². The number of ether oxygens (including phenoxy) is 1. The zero-order valence-electron chi connectivity index (χ0n) is 17.0. The summed E-state index contributed by atoms with van der Waals surface area (Å²) in [6.45, 7) is 1.83. The average Bonchev–Trinajstić information content (AvgIpc) is 3.26. The Bertz CT molecular complexity index is 1280. The number of amides is 1. The summed E-state index contributed by atoms with van der Waals surface area (Å²) >= 11 is 0. The Kier molecular flexibility index (Phi) is 5.61. The number of carbonyl (C=O) groups excluding carboxylic acids is 1. The van der Waals surface area contributed by atoms with Crippen molar-refractivity contribution < 1.29 is 14.1 Å². The monoisotopic (exact) mass is 416 g/mol. The predicted octanol–water partition coefficient (Wildman–Crippen LogP) is 3.52. The lowest BCUT2D eigenvalue weighted by Crippen LogP contribution is -2.26. The molecule has 1 amide bonds. The first kappa shape index (κ1) is 20.1. The first-order chi connectivity index (χ1) is 15.0. The highest BCUT2D eigenvalue weighted by molar-refractivity contribution is 5.90. The van der Waals surface area contributed by atoms with Gasteiger partial charge in [0.1, 0.15) is 12.3 Å². The molecule has 2 aromatic heterocycles. The van der Waals surface area contributed by atoms with E-state index in [0.29, 0.717) is 22.8 Å². The molecule has 0 spiro atoms. The van der Waals surface area contributed by atoms with E-state index in [1.807, 2.05) is 31.2 Å². The molecular formula is C23H20N4O4. The molecule has 31 heavy (non-hydrogen) atoms. The van der Waals surface area contributed by atoms with Gasteiger partial charge in [-0.15, -0.1) is 0 Å². The van der Waals surface area contributed by atoms with Crippen LogP contribution in [0, 0.1) is 6.92 Å². The summed E-state index contributed by atoms with van der Waals surface area (Å²) in [5, 5.41) is 6.78. The third kappa shape index (κ3) is 4.69. The first-order valence-electron chi connectivity index (χ1n) is 9.57. The number of anilines is 1. The van der Waals surface area contributed by atoms with E-state index in [0.717, 1.165) is 11.1 Å². The zero-order chi connectivity index (χ0) is 21.8. The van der Waals surface area contributed by atoms with Crippen molar-refractivity contribution in [2.24, 2.45) is 0 Å². The fraction of sp³-hybridized carbons (Fsp3) is 0.130. The van der Waals surface area contributed by atoms with E-state index < -0.39 is 0 Å². The fourth-order valence-electron chi connectivity index (χ4n) is 3.05. The van der Waals surface area contributed by atoms with E-state index in [1.165, 1.54) is 16.8 Å². The summed E-state index contributed by atoms with van der Waals surface area (Å²) in [4.78, 5) is 29.1. The molecule has 8 nitrogen and oxygen atoms in total. The van der Waals surface area contributed by atoms with E-state index in [9.17, 15) is 9.59 Å². The van der Waals surface area contributed by atoms with Gasteiger partial charge >= 0.3 is 0 Å². The number of nitrogens with one attached hydrogen (secondary N) is 1. The molecule has 1 N–H and O–H groups in total. The maximum atomic E-state index is 12.4. The molecule has 0 aliphatic carbocycles. The molecule has 4 aromatic rings. The molecule has 0 aliphatic rings. The Labute approximate surface area is 178 Å². The summed E-state index contributed by atoms with van der Waals surface area (Å²) in [7, 11) is 1.57. The number of carbonyl (C=O) groups is 1. The molecular weight excluding hydrogens is 396 g/mol. The summed E-state index contributed by atoms with van der Waals surface area (Å²) < 4.78 is 11.8. The standard InChI is InChI=1S/C23H20N4O4/c1-15-4-3-5-16(12-15)22-25-23(31-26-22)17-6-11-21(29)27(13-17)14-20(28)24-18-7-9-19(30-2)10-8-18/h3-13H,14H2,1-2H3,(H,24,28). The Morgan fingerprint density at radius 2 is 1.90 bits per heavy atom. The Morgan fingerprint density at radius 1 is 1.10 bits per heavy atom. The van der Waals surface area contributed by atoms with Gasteiger partial charge in [-0.25, -0.2) is 0 Å². The molecule has 156 valence electrons. The molecule has 8 heteroatoms. The third-order valence-corrected chi connectivity index (χ3v) is 4.62. The minimum absolute atomic E-state index is 0.155. The molecule has 0 radical (unpaired) electrons. The van der Waals surface area contributed by atoms with Gasteiger partial charge in [-0.3, -0.25) is 9.59 Å². The lowest BCUT2D eigenvalue weighted by molar-refractivity contribution is -0.116. The minimum Gasteiger partial charge on any atom is -0.497 e. The SMILES string of the molecule is COc1ccc(NC(=O)Cn2cc(-c3nc(-c4cccc(C)c4)no3)ccc2=O)cc1. The summed E-state index contributed by atoms with van der Waals surface area (Å²) in [6.07, 6.45) is 1.53. The van der Waals surface area contributed by atoms with Gasteiger partial charge in [-0.1, -0.05) is 28.9 Å². The largest absolute Gasteiger partial charge is 0.497 e. The van der Waals surface area contributed by atoms with Crippen molar-refractivity contribution in [2.75, 3.05) is 12.4 Å². The first-order valence-corrected chi connectivity index (χ1v) is 9.57. The molecule has 0 bridgehead atoms. The van der Waals surface area contributed by atoms with Crippen LogP contribution in [0.5, 0.6) is 5.75 Å². The molecule has 2 aromatic carbocycles. The maximum Gasteiger partial charge on any atom is 0.259 e. The van der Waals surface area contributed by atoms with E-state index in [2.05, 4.69) is 15.5 Å². The van der Waals surface area contributed by atoms with Gasteiger partial charge in [0.2, 0.25) is 11.7 Å². The number of methoxy groups -OCH3 is 1. The molecule has 0 aliphatic heterocycles. The van der Waals surface area contributed by atoms with E-state index >= 15 is 0 Å². The van der Waals surface area contributed by atoms with Crippen molar-refractivity contribution >= 4 is 11.6 Å². The predicted molar refractivity (Wildman–Crippen MR) is 116 cm³/mol. The number of rotatable bonds is 6. The Balaban J connectivity index is 1.52. The molecule has 0 atom stereocenters. The van der Waals surface area contributed by atoms with Crippen LogP contribution in [0.2, 0.25) is 0 Å². The van der Waals surface area contributed by atoms with E-state index in [4.69, 9.17) is 9.26 Å². The van der Waals surface area contributed by atoms with Crippen molar-refractivity contribution in [1.82, 2.24) is 14.7 Å². The molecule has 0 fully saturated rings. The maximum absolute atomic E-state index is 12.4. The van der Waals surface area contributed by atoms with Gasteiger partial charge in [-0.2, -0.15) is 4.98 Å². The third-order valence-electron chi connectivity index (χ3n) is 4.62. The van der Waals surface area contributed by atoms with Gasteiger partial charge in [-0.05, 0) is 43.3 Å². The number of aryl methyl sites for hydroxylation is 1. The van der Waals surface area contributed by atoms with E-state index in [1.54, 1.807) is 37.4 Å². The van der Waals surface area contributed by atoms with Crippen LogP contribution in [-0.4, -0.2) is 27.7 Å². The highest BCUT2D eigenvalue weighted by atomic mass is 16.5. The van der Waals surface area contributed by atoms with Crippen molar-refractivity contribution in [3.63, 3.8) is 0 Å². The van der Waals surface area contributed by atoms with Crippen LogP contribution in [0.25, 0.3) is 22.8 Å². The van der Waals surface area contributed by atoms with Crippen LogP contribution in [0.15, 0.2) is 76.2 Å². The second-order valence-corrected chi connectivity index (χ2v) is 6.95. The smallest absolute Gasteiger partial charge is 0.259 e. The number of nitrogens with zero attached hydrogens (tertiary/aromatic N) is 3. The normalized spacial score (nSPS) is 10.6. The number of hydrogen-bond donors (Lipinski definition) is 1. The zero-order valence-corrected chi connectivity index (χ0v) is 17.0. The van der Waals surface area contributed by atoms with Crippen LogP contribution >= 0.6 is 0 Å². The number of benzene rings is 2. The minimum atomic E-state index is -0.338. The fourth-order valence-corrected chi connectivity index (χ4v) is 3.05. The summed E-state index contributed by atoms with van der Waals surface area (Å²) in [6, 6.07) is 17.6. The molecule has 0 unspecified atom stereocenters. The topological polar surface area (TPSA) is 99.2 Å². The molecule has 0 saturated heterocycles. The Morgan fingerprint density at radius 3 is 2.65 bits per heavy atom. The Hall–Kier alpha value is -4.20. The van der Waals surface area contributed by atoms with Crippen LogP contribution in [-0.2, 0) is 11.3 Å². The van der Waals surface area contributed by atoms with Crippen LogP contribution < -0.4 is 15.6 Å². The summed E-state index contributed by atoms with van der Waals surface area (Å²) in [5.41, 5.74) is 2.76. The van der Waals surface area contributed by atoms with Crippen molar-refractivity contribution in [1.29, 1.82) is 0 Å². The quantitative estimate of drug-likeness (QED) is 0.516. The van der Waals surface area contributed by atoms with Gasteiger partial charge < -0.3 is 19.1 Å². The summed E-state index contributed by atoms with van der Waals surface area (Å²) in [5.74, 6) is 1.07. The van der Waals surface area contributed by atoms with Gasteiger partial charge in [0, 0.05) is 23.5 Å². The lowest BCUT2D eigenvalue weighted by Gasteiger charge is -2.08. The highest BCUT2D eigenvalue weighted by Crippen LogP contribution is 2.22. The van der Waals surface area contributed by atoms with E-state index in [-0.39, 0.29) is 23.9 Å². The number of pyridine rings is 1. The highest BCUT2D eigenvalue weighted by Gasteiger charge is 2.13. The molecule has 0 saturated carbocycles. The second kappa shape index (κ2) is 8.66. The lowest BCUT2D eigenvalue weighted by atomic mass is 10.1. The number of hydrogen-bond acceptors (Lipinski definition) is 6. The van der Waals surface area contributed by atoms with Gasteiger partial charge in [0.05, 0.1) is 12.7 Å². The van der Waals surface area contributed by atoms with Crippen molar-refractivity contribution in [3.8, 4) is 28.6 Å². The molecule has 4 rings (SSSR count). The molecule has 2 heterocycles. The average molecular weight is 416 g/mol. The van der Waals surface area contributed by atoms with Crippen molar-refractivity contribution in [3.05, 3.63) is 82.8 Å². The van der Waals surface area contributed by atoms with Crippen molar-refractivity contribution in [2.45, 2.75) is 13.5 Å². The van der Waals surface area contributed by atoms with Gasteiger partial charge in [0.25, 0.3) is 11.4 Å². The second-order valence-electron chi connectivity index (χ2n) is 6.95. The van der Waals surface area contributed by atoms with Gasteiger partial charge in [0.15, 0.2) is 0 Å². The van der Waals surface area contributed by atoms with Crippen LogP contribution in [0.3, 0.4) is 0 Å².